The molecule has 1 atom stereocenters. The summed E-state index contributed by atoms with van der Waals surface area (Å²) in [6.45, 7) is 2.41. The molecule has 7 nitrogen and oxygen atoms in total. The number of nitrogens with zero attached hydrogens (tertiary/aromatic N) is 2. The summed E-state index contributed by atoms with van der Waals surface area (Å²) in [4.78, 5) is 28.5. The van der Waals surface area contributed by atoms with Crippen LogP contribution in [-0.2, 0) is 38.8 Å². The summed E-state index contributed by atoms with van der Waals surface area (Å²) in [5.41, 5.74) is -0.271. The molecule has 0 saturated heterocycles. The molecular formula is C29H31F4N3O4S. The monoisotopic (exact) mass is 593 g/mol. The third-order valence-corrected chi connectivity index (χ3v) is 7.25. The van der Waals surface area contributed by atoms with Crippen molar-refractivity contribution in [2.75, 3.05) is 17.1 Å². The number of rotatable bonds is 11. The molecule has 1 unspecified atom stereocenters. The Kier molecular flexibility index (Phi) is 10.1. The van der Waals surface area contributed by atoms with Crippen LogP contribution in [0.2, 0.25) is 0 Å². The molecule has 0 fully saturated rings. The van der Waals surface area contributed by atoms with Crippen molar-refractivity contribution >= 4 is 27.5 Å². The molecule has 0 aliphatic carbocycles. The van der Waals surface area contributed by atoms with E-state index >= 15 is 0 Å². The SMILES string of the molecule is CC(C)NC(=O)C(Cc1ccccc1)N(Cc1ccc(F)cc1)C(=O)CN(c1cccc(C(F)(F)F)c1)S(C)(=O)=O. The molecule has 3 aromatic rings. The fourth-order valence-electron chi connectivity index (χ4n) is 4.17. The number of sulfonamides is 1. The lowest BCUT2D eigenvalue weighted by molar-refractivity contribution is -0.140. The lowest BCUT2D eigenvalue weighted by Gasteiger charge is -2.34. The Bertz CT molecular complexity index is 1450. The van der Waals surface area contributed by atoms with Gasteiger partial charge in [0.15, 0.2) is 0 Å². The second-order valence-electron chi connectivity index (χ2n) is 9.83. The van der Waals surface area contributed by atoms with Crippen molar-refractivity contribution in [3.63, 3.8) is 0 Å². The van der Waals surface area contributed by atoms with Crippen molar-refractivity contribution in [3.05, 3.63) is 101 Å². The number of carbonyl (C=O) groups excluding carboxylic acids is 2. The van der Waals surface area contributed by atoms with Gasteiger partial charge in [0.25, 0.3) is 0 Å². The largest absolute Gasteiger partial charge is 0.416 e. The van der Waals surface area contributed by atoms with Crippen LogP contribution < -0.4 is 9.62 Å². The zero-order valence-corrected chi connectivity index (χ0v) is 23.5. The van der Waals surface area contributed by atoms with E-state index in [0.29, 0.717) is 21.5 Å². The Morgan fingerprint density at radius 2 is 1.54 bits per heavy atom. The summed E-state index contributed by atoms with van der Waals surface area (Å²) in [5, 5.41) is 2.78. The van der Waals surface area contributed by atoms with E-state index in [2.05, 4.69) is 5.32 Å². The van der Waals surface area contributed by atoms with Gasteiger partial charge in [-0.15, -0.1) is 0 Å². The minimum absolute atomic E-state index is 0.0642. The third kappa shape index (κ3) is 9.04. The molecule has 2 amide bonds. The van der Waals surface area contributed by atoms with Crippen molar-refractivity contribution in [2.24, 2.45) is 0 Å². The van der Waals surface area contributed by atoms with Gasteiger partial charge < -0.3 is 10.2 Å². The highest BCUT2D eigenvalue weighted by Gasteiger charge is 2.35. The Labute approximate surface area is 236 Å². The predicted molar refractivity (Wildman–Crippen MR) is 148 cm³/mol. The van der Waals surface area contributed by atoms with Gasteiger partial charge in [-0.3, -0.25) is 13.9 Å². The van der Waals surface area contributed by atoms with Crippen molar-refractivity contribution in [2.45, 2.75) is 45.1 Å². The number of anilines is 1. The standard InChI is InChI=1S/C29H31F4N3O4S/c1-20(2)34-28(38)26(16-21-8-5-4-6-9-21)35(18-22-12-14-24(30)15-13-22)27(37)19-36(41(3,39)40)25-11-7-10-23(17-25)29(31,32)33/h4-15,17,20,26H,16,18-19H2,1-3H3,(H,34,38). The first-order chi connectivity index (χ1) is 19.1. The molecule has 1 N–H and O–H groups in total. The number of nitrogens with one attached hydrogen (secondary N) is 1. The average Bonchev–Trinajstić information content (AvgIpc) is 2.89. The first-order valence-electron chi connectivity index (χ1n) is 12.7. The van der Waals surface area contributed by atoms with Crippen LogP contribution in [0.4, 0.5) is 23.2 Å². The summed E-state index contributed by atoms with van der Waals surface area (Å²) in [7, 11) is -4.24. The Morgan fingerprint density at radius 1 is 0.902 bits per heavy atom. The van der Waals surface area contributed by atoms with E-state index in [1.807, 2.05) is 0 Å². The van der Waals surface area contributed by atoms with E-state index in [-0.39, 0.29) is 24.7 Å². The Balaban J connectivity index is 2.07. The first kappa shape index (κ1) is 31.6. The molecule has 0 bridgehead atoms. The van der Waals surface area contributed by atoms with Crippen LogP contribution in [-0.4, -0.2) is 50.0 Å². The number of carbonyl (C=O) groups is 2. The average molecular weight is 594 g/mol. The quantitative estimate of drug-likeness (QED) is 0.325. The summed E-state index contributed by atoms with van der Waals surface area (Å²) >= 11 is 0. The highest BCUT2D eigenvalue weighted by Crippen LogP contribution is 2.32. The van der Waals surface area contributed by atoms with Gasteiger partial charge in [-0.1, -0.05) is 48.5 Å². The summed E-state index contributed by atoms with van der Waals surface area (Å²) in [6.07, 6.45) is -3.90. The van der Waals surface area contributed by atoms with Gasteiger partial charge in [-0.25, -0.2) is 12.8 Å². The molecule has 0 aliphatic heterocycles. The second-order valence-corrected chi connectivity index (χ2v) is 11.7. The number of alkyl halides is 3. The van der Waals surface area contributed by atoms with E-state index in [0.717, 1.165) is 24.5 Å². The minimum Gasteiger partial charge on any atom is -0.352 e. The maximum Gasteiger partial charge on any atom is 0.416 e. The summed E-state index contributed by atoms with van der Waals surface area (Å²) < 4.78 is 79.8. The number of hydrogen-bond donors (Lipinski definition) is 1. The lowest BCUT2D eigenvalue weighted by atomic mass is 10.0. The van der Waals surface area contributed by atoms with Crippen LogP contribution in [0.3, 0.4) is 0 Å². The van der Waals surface area contributed by atoms with Crippen LogP contribution in [0.15, 0.2) is 78.9 Å². The maximum absolute atomic E-state index is 13.9. The van der Waals surface area contributed by atoms with Crippen molar-refractivity contribution < 1.29 is 35.6 Å². The Hall–Kier alpha value is -3.93. The number of benzene rings is 3. The second kappa shape index (κ2) is 13.2. The van der Waals surface area contributed by atoms with Crippen molar-refractivity contribution in [1.82, 2.24) is 10.2 Å². The molecule has 0 saturated carbocycles. The molecule has 3 aromatic carbocycles. The van der Waals surface area contributed by atoms with Crippen molar-refractivity contribution in [3.8, 4) is 0 Å². The molecule has 0 heterocycles. The van der Waals surface area contributed by atoms with Crippen LogP contribution in [0.5, 0.6) is 0 Å². The molecule has 3 rings (SSSR count). The van der Waals surface area contributed by atoms with Crippen LogP contribution in [0.25, 0.3) is 0 Å². The number of hydrogen-bond acceptors (Lipinski definition) is 4. The molecular weight excluding hydrogens is 562 g/mol. The van der Waals surface area contributed by atoms with E-state index < -0.39 is 52.0 Å². The van der Waals surface area contributed by atoms with Gasteiger partial charge in [-0.2, -0.15) is 13.2 Å². The third-order valence-electron chi connectivity index (χ3n) is 6.11. The topological polar surface area (TPSA) is 86.8 Å². The minimum atomic E-state index is -4.74. The molecule has 0 aromatic heterocycles. The van der Waals surface area contributed by atoms with Gasteiger partial charge in [-0.05, 0) is 55.3 Å². The predicted octanol–water partition coefficient (Wildman–Crippen LogP) is 4.78. The number of amides is 2. The van der Waals surface area contributed by atoms with E-state index in [9.17, 15) is 35.6 Å². The van der Waals surface area contributed by atoms with Gasteiger partial charge in [0.2, 0.25) is 21.8 Å². The molecule has 220 valence electrons. The zero-order valence-electron chi connectivity index (χ0n) is 22.7. The number of halogens is 4. The first-order valence-corrected chi connectivity index (χ1v) is 14.5. The molecule has 0 aliphatic rings. The van der Waals surface area contributed by atoms with Gasteiger partial charge in [0, 0.05) is 19.0 Å². The van der Waals surface area contributed by atoms with E-state index in [4.69, 9.17) is 0 Å². The van der Waals surface area contributed by atoms with Crippen LogP contribution >= 0.6 is 0 Å². The van der Waals surface area contributed by atoms with Gasteiger partial charge in [0.1, 0.15) is 18.4 Å². The van der Waals surface area contributed by atoms with Gasteiger partial charge in [0.05, 0.1) is 17.5 Å². The van der Waals surface area contributed by atoms with Crippen LogP contribution in [0.1, 0.15) is 30.5 Å². The highest BCUT2D eigenvalue weighted by molar-refractivity contribution is 7.92. The molecule has 12 heteroatoms. The molecule has 0 spiro atoms. The Morgan fingerprint density at radius 3 is 2.10 bits per heavy atom. The smallest absolute Gasteiger partial charge is 0.352 e. The van der Waals surface area contributed by atoms with Crippen molar-refractivity contribution in [1.29, 1.82) is 0 Å². The summed E-state index contributed by atoms with van der Waals surface area (Å²) in [5.74, 6) is -1.86. The van der Waals surface area contributed by atoms with Gasteiger partial charge >= 0.3 is 6.18 Å². The van der Waals surface area contributed by atoms with Crippen LogP contribution in [0, 0.1) is 5.82 Å². The normalized spacial score (nSPS) is 12.6. The van der Waals surface area contributed by atoms with E-state index in [1.165, 1.54) is 29.2 Å². The van der Waals surface area contributed by atoms with E-state index in [1.54, 1.807) is 44.2 Å². The fraction of sp³-hybridized carbons (Fsp3) is 0.310. The fourth-order valence-corrected chi connectivity index (χ4v) is 5.01. The maximum atomic E-state index is 13.9. The molecule has 0 radical (unpaired) electrons. The zero-order chi connectivity index (χ0) is 30.4. The highest BCUT2D eigenvalue weighted by atomic mass is 32.2. The lowest BCUT2D eigenvalue weighted by Crippen LogP contribution is -2.54. The summed E-state index contributed by atoms with van der Waals surface area (Å²) in [6, 6.07) is 16.3. The molecule has 41 heavy (non-hydrogen) atoms.